The van der Waals surface area contributed by atoms with Crippen molar-refractivity contribution in [3.8, 4) is 11.1 Å². The van der Waals surface area contributed by atoms with E-state index in [1.54, 1.807) is 26.8 Å². The number of carbonyl (C=O) groups is 2. The van der Waals surface area contributed by atoms with Gasteiger partial charge in [0.2, 0.25) is 0 Å². The van der Waals surface area contributed by atoms with Gasteiger partial charge < -0.3 is 10.4 Å². The maximum Gasteiger partial charge on any atom is 0.416 e. The minimum Gasteiger partial charge on any atom is -0.481 e. The summed E-state index contributed by atoms with van der Waals surface area (Å²) >= 11 is 0. The number of aryl methyl sites for hydroxylation is 1. The Hall–Kier alpha value is -3.96. The molecule has 12 heteroatoms. The third-order valence-corrected chi connectivity index (χ3v) is 9.57. The lowest BCUT2D eigenvalue weighted by Gasteiger charge is -2.36. The van der Waals surface area contributed by atoms with E-state index in [0.29, 0.717) is 60.2 Å². The largest absolute Gasteiger partial charge is 0.481 e. The van der Waals surface area contributed by atoms with Crippen LogP contribution in [0.3, 0.4) is 0 Å². The smallest absolute Gasteiger partial charge is 0.416 e. The number of carboxylic acids is 1. The second-order valence-electron chi connectivity index (χ2n) is 13.4. The zero-order valence-electron chi connectivity index (χ0n) is 26.7. The minimum absolute atomic E-state index is 0.00518. The summed E-state index contributed by atoms with van der Waals surface area (Å²) in [7, 11) is 0. The highest BCUT2D eigenvalue weighted by Crippen LogP contribution is 2.45. The van der Waals surface area contributed by atoms with E-state index in [0.717, 1.165) is 5.69 Å². The molecular formula is C35H37F7N2O3. The van der Waals surface area contributed by atoms with E-state index in [2.05, 4.69) is 10.3 Å². The number of halogens is 7. The number of aliphatic carboxylic acids is 1. The molecular weight excluding hydrogens is 629 g/mol. The van der Waals surface area contributed by atoms with Crippen LogP contribution in [0.15, 0.2) is 48.7 Å². The van der Waals surface area contributed by atoms with Gasteiger partial charge in [0.05, 0.1) is 40.4 Å². The fourth-order valence-electron chi connectivity index (χ4n) is 6.15. The molecule has 1 aliphatic rings. The van der Waals surface area contributed by atoms with E-state index in [1.165, 1.54) is 32.2 Å². The Morgan fingerprint density at radius 3 is 1.89 bits per heavy atom. The predicted molar refractivity (Wildman–Crippen MR) is 163 cm³/mol. The van der Waals surface area contributed by atoms with E-state index in [9.17, 15) is 45.4 Å². The van der Waals surface area contributed by atoms with Gasteiger partial charge in [0.1, 0.15) is 5.82 Å². The number of hydrogen-bond donors (Lipinski definition) is 2. The zero-order chi connectivity index (χ0) is 35.1. The average molecular weight is 667 g/mol. The highest BCUT2D eigenvalue weighted by Gasteiger charge is 2.41. The fraction of sp³-hybridized carbons (Fsp3) is 0.457. The number of carboxylic acid groups (broad SMARTS) is 1. The van der Waals surface area contributed by atoms with Crippen molar-refractivity contribution in [3.05, 3.63) is 82.4 Å². The number of rotatable bonds is 9. The first-order valence-corrected chi connectivity index (χ1v) is 15.2. The zero-order valence-corrected chi connectivity index (χ0v) is 26.7. The number of benzene rings is 2. The lowest BCUT2D eigenvalue weighted by molar-refractivity contribution is -0.151. The molecule has 1 fully saturated rings. The number of pyridine rings is 1. The van der Waals surface area contributed by atoms with Crippen molar-refractivity contribution >= 4 is 17.4 Å². The Morgan fingerprint density at radius 2 is 1.38 bits per heavy atom. The van der Waals surface area contributed by atoms with Gasteiger partial charge in [-0.15, -0.1) is 0 Å². The Kier molecular flexibility index (Phi) is 9.86. The number of hydrogen-bond acceptors (Lipinski definition) is 4. The van der Waals surface area contributed by atoms with Crippen molar-refractivity contribution in [3.63, 3.8) is 0 Å². The highest BCUT2D eigenvalue weighted by atomic mass is 19.4. The maximum absolute atomic E-state index is 14.0. The SMILES string of the molecule is Cc1cc(F)ccc1-c1cc(C2CCC(C(C)(C)C(=O)O)CC2)ncc1NCC(=O)C(C)(C)c1cc(C(F)(F)F)cc(C(F)(F)F)c1. The van der Waals surface area contributed by atoms with Gasteiger partial charge in [-0.3, -0.25) is 14.6 Å². The van der Waals surface area contributed by atoms with Crippen LogP contribution >= 0.6 is 0 Å². The summed E-state index contributed by atoms with van der Waals surface area (Å²) in [6.45, 7) is 7.23. The van der Waals surface area contributed by atoms with Crippen LogP contribution in [-0.2, 0) is 27.4 Å². The molecule has 0 saturated heterocycles. The number of carbonyl (C=O) groups excluding carboxylic acids is 1. The molecule has 0 spiro atoms. The van der Waals surface area contributed by atoms with Crippen LogP contribution in [0.5, 0.6) is 0 Å². The van der Waals surface area contributed by atoms with E-state index in [4.69, 9.17) is 0 Å². The Balaban J connectivity index is 1.64. The topological polar surface area (TPSA) is 79.3 Å². The van der Waals surface area contributed by atoms with Gasteiger partial charge in [-0.05, 0) is 119 Å². The third kappa shape index (κ3) is 7.79. The van der Waals surface area contributed by atoms with Crippen molar-refractivity contribution in [1.82, 2.24) is 4.98 Å². The Morgan fingerprint density at radius 1 is 0.830 bits per heavy atom. The van der Waals surface area contributed by atoms with Gasteiger partial charge in [0.25, 0.3) is 0 Å². The molecule has 47 heavy (non-hydrogen) atoms. The quantitative estimate of drug-likeness (QED) is 0.223. The Bertz CT molecular complexity index is 1620. The van der Waals surface area contributed by atoms with Crippen LogP contribution < -0.4 is 5.32 Å². The van der Waals surface area contributed by atoms with Gasteiger partial charge in [-0.25, -0.2) is 4.39 Å². The summed E-state index contributed by atoms with van der Waals surface area (Å²) in [4.78, 5) is 29.8. The van der Waals surface area contributed by atoms with Gasteiger partial charge in [-0.1, -0.05) is 6.07 Å². The standard InChI is InChI=1S/C35H37F7N2O3/c1-19-12-25(36)10-11-26(19)27-16-28(20-6-8-21(9-7-20)33(4,5)31(46)47)43-17-29(27)44-18-30(45)32(2,3)22-13-23(34(37,38)39)15-24(14-22)35(40,41)42/h10-17,20-21,44H,6-9,18H2,1-5H3,(H,46,47). The lowest BCUT2D eigenvalue weighted by atomic mass is 9.68. The molecule has 0 radical (unpaired) electrons. The number of ketones is 1. The summed E-state index contributed by atoms with van der Waals surface area (Å²) in [5.41, 5.74) is -3.15. The highest BCUT2D eigenvalue weighted by molar-refractivity contribution is 5.93. The van der Waals surface area contributed by atoms with Crippen LogP contribution in [0.2, 0.25) is 0 Å². The summed E-state index contributed by atoms with van der Waals surface area (Å²) in [6, 6.07) is 7.17. The number of alkyl halides is 6. The van der Waals surface area contributed by atoms with Crippen molar-refractivity contribution in [2.75, 3.05) is 11.9 Å². The third-order valence-electron chi connectivity index (χ3n) is 9.57. The summed E-state index contributed by atoms with van der Waals surface area (Å²) in [5, 5.41) is 12.6. The van der Waals surface area contributed by atoms with Crippen molar-refractivity contribution in [2.45, 2.75) is 84.0 Å². The molecule has 0 unspecified atom stereocenters. The Labute approximate surface area is 268 Å². The molecule has 3 aromatic rings. The normalized spacial score (nSPS) is 17.8. The first-order valence-electron chi connectivity index (χ1n) is 15.2. The molecule has 0 bridgehead atoms. The molecule has 1 aliphatic carbocycles. The first kappa shape index (κ1) is 35.9. The molecule has 1 aromatic heterocycles. The van der Waals surface area contributed by atoms with E-state index < -0.39 is 64.0 Å². The van der Waals surface area contributed by atoms with Crippen LogP contribution in [0, 0.1) is 24.1 Å². The van der Waals surface area contributed by atoms with Gasteiger partial charge in [0, 0.05) is 17.2 Å². The number of nitrogens with zero attached hydrogens (tertiary/aromatic N) is 1. The van der Waals surface area contributed by atoms with E-state index in [1.807, 2.05) is 6.07 Å². The molecule has 5 nitrogen and oxygen atoms in total. The first-order chi connectivity index (χ1) is 21.6. The summed E-state index contributed by atoms with van der Waals surface area (Å²) in [5.74, 6) is -1.96. The molecule has 0 atom stereocenters. The molecule has 4 rings (SSSR count). The molecule has 2 aromatic carbocycles. The maximum atomic E-state index is 14.0. The fourth-order valence-corrected chi connectivity index (χ4v) is 6.15. The van der Waals surface area contributed by atoms with E-state index >= 15 is 0 Å². The average Bonchev–Trinajstić information content (AvgIpc) is 2.98. The molecule has 2 N–H and O–H groups in total. The molecule has 254 valence electrons. The predicted octanol–water partition coefficient (Wildman–Crippen LogP) is 9.58. The van der Waals surface area contributed by atoms with Crippen LogP contribution in [0.25, 0.3) is 11.1 Å². The van der Waals surface area contributed by atoms with Crippen LogP contribution in [0.4, 0.5) is 36.4 Å². The van der Waals surface area contributed by atoms with Crippen molar-refractivity contribution < 1.29 is 45.4 Å². The van der Waals surface area contributed by atoms with Gasteiger partial charge in [-0.2, -0.15) is 26.3 Å². The van der Waals surface area contributed by atoms with Crippen LogP contribution in [0.1, 0.15) is 87.2 Å². The molecule has 0 aliphatic heterocycles. The molecule has 0 amide bonds. The number of nitrogens with one attached hydrogen (secondary N) is 1. The van der Waals surface area contributed by atoms with Crippen molar-refractivity contribution in [1.29, 1.82) is 0 Å². The second-order valence-corrected chi connectivity index (χ2v) is 13.4. The lowest BCUT2D eigenvalue weighted by Crippen LogP contribution is -2.35. The van der Waals surface area contributed by atoms with Crippen molar-refractivity contribution in [2.24, 2.45) is 11.3 Å². The summed E-state index contributed by atoms with van der Waals surface area (Å²) in [6.07, 6.45) is -5.84. The second kappa shape index (κ2) is 12.9. The molecule has 1 heterocycles. The number of aromatic nitrogens is 1. The minimum atomic E-state index is -5.06. The van der Waals surface area contributed by atoms with Gasteiger partial charge in [0.15, 0.2) is 5.78 Å². The van der Waals surface area contributed by atoms with E-state index in [-0.39, 0.29) is 17.9 Å². The number of Topliss-reactive ketones (excluding diaryl/α,β-unsaturated/α-hetero) is 1. The number of anilines is 1. The molecule has 1 saturated carbocycles. The summed E-state index contributed by atoms with van der Waals surface area (Å²) < 4.78 is 95.1. The van der Waals surface area contributed by atoms with Crippen LogP contribution in [-0.4, -0.2) is 28.4 Å². The monoisotopic (exact) mass is 666 g/mol. The van der Waals surface area contributed by atoms with Gasteiger partial charge >= 0.3 is 18.3 Å².